The summed E-state index contributed by atoms with van der Waals surface area (Å²) in [6.07, 6.45) is 0.205. The third-order valence-corrected chi connectivity index (χ3v) is 2.40. The lowest BCUT2D eigenvalue weighted by Gasteiger charge is -2.09. The van der Waals surface area contributed by atoms with E-state index in [1.165, 1.54) is 0 Å². The van der Waals surface area contributed by atoms with Crippen LogP contribution >= 0.6 is 0 Å². The van der Waals surface area contributed by atoms with Gasteiger partial charge in [0.1, 0.15) is 5.75 Å². The summed E-state index contributed by atoms with van der Waals surface area (Å²) in [5.41, 5.74) is 6.14. The second-order valence-electron chi connectivity index (χ2n) is 4.46. The van der Waals surface area contributed by atoms with Gasteiger partial charge in [0.05, 0.1) is 13.2 Å². The van der Waals surface area contributed by atoms with E-state index in [9.17, 15) is 9.59 Å². The zero-order valence-corrected chi connectivity index (χ0v) is 11.8. The fraction of sp³-hybridized carbons (Fsp3) is 0.429. The quantitative estimate of drug-likeness (QED) is 0.690. The molecule has 1 atom stereocenters. The summed E-state index contributed by atoms with van der Waals surface area (Å²) in [4.78, 5) is 23.0. The fourth-order valence-corrected chi connectivity index (χ4v) is 1.55. The van der Waals surface area contributed by atoms with Crippen molar-refractivity contribution in [1.29, 1.82) is 0 Å². The van der Waals surface area contributed by atoms with E-state index < -0.39 is 0 Å². The Labute approximate surface area is 118 Å². The molecule has 1 aromatic carbocycles. The van der Waals surface area contributed by atoms with Crippen molar-refractivity contribution in [1.82, 2.24) is 5.32 Å². The summed E-state index contributed by atoms with van der Waals surface area (Å²) >= 11 is 0. The monoisotopic (exact) mass is 279 g/mol. The van der Waals surface area contributed by atoms with Crippen molar-refractivity contribution in [2.24, 2.45) is 5.73 Å². The fourth-order valence-electron chi connectivity index (χ4n) is 1.55. The Morgan fingerprint density at radius 2 is 1.90 bits per heavy atom. The van der Waals surface area contributed by atoms with E-state index in [4.69, 9.17) is 10.5 Å². The molecular weight excluding hydrogens is 258 g/mol. The molecule has 0 bridgehead atoms. The molecule has 6 nitrogen and oxygen atoms in total. The third-order valence-electron chi connectivity index (χ3n) is 2.40. The lowest BCUT2D eigenvalue weighted by atomic mass is 10.2. The second kappa shape index (κ2) is 8.16. The Balaban J connectivity index is 2.36. The van der Waals surface area contributed by atoms with E-state index in [-0.39, 0.29) is 30.8 Å². The van der Waals surface area contributed by atoms with Gasteiger partial charge in [0, 0.05) is 18.2 Å². The first-order chi connectivity index (χ1) is 9.51. The number of anilines is 1. The smallest absolute Gasteiger partial charge is 0.243 e. The van der Waals surface area contributed by atoms with Gasteiger partial charge in [-0.15, -0.1) is 0 Å². The van der Waals surface area contributed by atoms with Gasteiger partial charge in [0.25, 0.3) is 0 Å². The normalized spacial score (nSPS) is 11.6. The van der Waals surface area contributed by atoms with E-state index >= 15 is 0 Å². The topological polar surface area (TPSA) is 93.5 Å². The highest BCUT2D eigenvalue weighted by Gasteiger charge is 2.07. The minimum absolute atomic E-state index is 0.0707. The molecule has 0 heterocycles. The van der Waals surface area contributed by atoms with Gasteiger partial charge >= 0.3 is 0 Å². The maximum Gasteiger partial charge on any atom is 0.243 e. The zero-order chi connectivity index (χ0) is 15.0. The number of carbonyl (C=O) groups excluding carboxylic acids is 2. The third kappa shape index (κ3) is 6.19. The molecule has 4 N–H and O–H groups in total. The van der Waals surface area contributed by atoms with Gasteiger partial charge in [0.2, 0.25) is 11.8 Å². The summed E-state index contributed by atoms with van der Waals surface area (Å²) in [6.45, 7) is 4.16. The van der Waals surface area contributed by atoms with Crippen molar-refractivity contribution >= 4 is 17.5 Å². The van der Waals surface area contributed by atoms with Crippen molar-refractivity contribution in [2.45, 2.75) is 26.3 Å². The molecule has 0 aliphatic carbocycles. The molecule has 0 aliphatic heterocycles. The predicted octanol–water partition coefficient (Wildman–Crippen LogP) is 0.877. The molecule has 1 rings (SSSR count). The molecule has 1 aromatic rings. The highest BCUT2D eigenvalue weighted by Crippen LogP contribution is 2.15. The van der Waals surface area contributed by atoms with E-state index in [1.807, 2.05) is 6.92 Å². The Morgan fingerprint density at radius 1 is 1.25 bits per heavy atom. The van der Waals surface area contributed by atoms with Crippen LogP contribution in [0.5, 0.6) is 5.75 Å². The molecule has 1 unspecified atom stereocenters. The van der Waals surface area contributed by atoms with E-state index in [2.05, 4.69) is 10.6 Å². The Kier molecular flexibility index (Phi) is 6.52. The summed E-state index contributed by atoms with van der Waals surface area (Å²) < 4.78 is 5.30. The van der Waals surface area contributed by atoms with Crippen LogP contribution in [0.15, 0.2) is 24.3 Å². The molecule has 0 saturated carbocycles. The molecule has 2 amide bonds. The van der Waals surface area contributed by atoms with Crippen molar-refractivity contribution in [3.63, 3.8) is 0 Å². The standard InChI is InChI=1S/C14H21N3O3/c1-3-20-12-6-4-11(5-7-12)17-14(19)9-16-13(18)8-10(2)15/h4-7,10H,3,8-9,15H2,1-2H3,(H,16,18)(H,17,19). The average Bonchev–Trinajstić information content (AvgIpc) is 2.38. The first kappa shape index (κ1) is 16.0. The first-order valence-electron chi connectivity index (χ1n) is 6.56. The molecule has 0 fully saturated rings. The molecule has 20 heavy (non-hydrogen) atoms. The lowest BCUT2D eigenvalue weighted by Crippen LogP contribution is -2.35. The van der Waals surface area contributed by atoms with Gasteiger partial charge < -0.3 is 21.1 Å². The minimum atomic E-state index is -0.285. The number of hydrogen-bond donors (Lipinski definition) is 3. The zero-order valence-electron chi connectivity index (χ0n) is 11.8. The van der Waals surface area contributed by atoms with Crippen molar-refractivity contribution < 1.29 is 14.3 Å². The number of hydrogen-bond acceptors (Lipinski definition) is 4. The molecule has 0 saturated heterocycles. The van der Waals surface area contributed by atoms with Crippen LogP contribution in [-0.2, 0) is 9.59 Å². The largest absolute Gasteiger partial charge is 0.494 e. The molecule has 110 valence electrons. The summed E-state index contributed by atoms with van der Waals surface area (Å²) in [5, 5.41) is 5.19. The number of carbonyl (C=O) groups is 2. The molecule has 0 radical (unpaired) electrons. The van der Waals surface area contributed by atoms with E-state index in [0.29, 0.717) is 12.3 Å². The van der Waals surface area contributed by atoms with Crippen LogP contribution in [0.1, 0.15) is 20.3 Å². The van der Waals surface area contributed by atoms with Crippen molar-refractivity contribution in [3.05, 3.63) is 24.3 Å². The molecule has 0 aliphatic rings. The predicted molar refractivity (Wildman–Crippen MR) is 77.5 cm³/mol. The summed E-state index contributed by atoms with van der Waals surface area (Å²) in [7, 11) is 0. The number of nitrogens with one attached hydrogen (secondary N) is 2. The SMILES string of the molecule is CCOc1ccc(NC(=O)CNC(=O)CC(C)N)cc1. The van der Waals surface area contributed by atoms with Crippen LogP contribution in [0.4, 0.5) is 5.69 Å². The summed E-state index contributed by atoms with van der Waals surface area (Å²) in [6, 6.07) is 6.81. The maximum absolute atomic E-state index is 11.6. The van der Waals surface area contributed by atoms with Crippen LogP contribution < -0.4 is 21.1 Å². The number of nitrogens with two attached hydrogens (primary N) is 1. The second-order valence-corrected chi connectivity index (χ2v) is 4.46. The number of amides is 2. The number of ether oxygens (including phenoxy) is 1. The van der Waals surface area contributed by atoms with Gasteiger partial charge in [-0.25, -0.2) is 0 Å². The lowest BCUT2D eigenvalue weighted by molar-refractivity contribution is -0.124. The number of rotatable bonds is 7. The Bertz CT molecular complexity index is 443. The first-order valence-corrected chi connectivity index (χ1v) is 6.56. The van der Waals surface area contributed by atoms with Crippen LogP contribution in [0.3, 0.4) is 0 Å². The molecule has 0 spiro atoms. The van der Waals surface area contributed by atoms with Gasteiger partial charge in [0.15, 0.2) is 0 Å². The van der Waals surface area contributed by atoms with Crippen LogP contribution in [-0.4, -0.2) is 31.0 Å². The Hall–Kier alpha value is -2.08. The van der Waals surface area contributed by atoms with Gasteiger partial charge in [-0.3, -0.25) is 9.59 Å². The van der Waals surface area contributed by atoms with E-state index in [0.717, 1.165) is 5.75 Å². The molecule has 6 heteroatoms. The number of benzene rings is 1. The van der Waals surface area contributed by atoms with Crippen molar-refractivity contribution in [2.75, 3.05) is 18.5 Å². The average molecular weight is 279 g/mol. The van der Waals surface area contributed by atoms with Gasteiger partial charge in [-0.05, 0) is 38.1 Å². The molecule has 0 aromatic heterocycles. The van der Waals surface area contributed by atoms with Crippen LogP contribution in [0.2, 0.25) is 0 Å². The minimum Gasteiger partial charge on any atom is -0.494 e. The maximum atomic E-state index is 11.6. The van der Waals surface area contributed by atoms with Gasteiger partial charge in [-0.1, -0.05) is 0 Å². The highest BCUT2D eigenvalue weighted by molar-refractivity contribution is 5.94. The van der Waals surface area contributed by atoms with Crippen LogP contribution in [0, 0.1) is 0 Å². The van der Waals surface area contributed by atoms with Crippen molar-refractivity contribution in [3.8, 4) is 5.75 Å². The Morgan fingerprint density at radius 3 is 2.45 bits per heavy atom. The summed E-state index contributed by atoms with van der Waals surface area (Å²) in [5.74, 6) is 0.227. The van der Waals surface area contributed by atoms with Gasteiger partial charge in [-0.2, -0.15) is 0 Å². The van der Waals surface area contributed by atoms with E-state index in [1.54, 1.807) is 31.2 Å². The highest BCUT2D eigenvalue weighted by atomic mass is 16.5. The van der Waals surface area contributed by atoms with Crippen LogP contribution in [0.25, 0.3) is 0 Å². The molecular formula is C14H21N3O3.